The Hall–Kier alpha value is -3.67. The number of methoxy groups -OCH3 is 1. The van der Waals surface area contributed by atoms with Gasteiger partial charge in [0.1, 0.15) is 17.1 Å². The molecule has 2 heterocycles. The van der Waals surface area contributed by atoms with Crippen molar-refractivity contribution in [3.8, 4) is 5.75 Å². The number of benzene rings is 2. The van der Waals surface area contributed by atoms with E-state index in [2.05, 4.69) is 27.4 Å². The van der Waals surface area contributed by atoms with E-state index in [0.717, 1.165) is 22.6 Å². The average Bonchev–Trinajstić information content (AvgIpc) is 3.10. The first-order chi connectivity index (χ1) is 13.7. The Morgan fingerprint density at radius 1 is 1.04 bits per heavy atom. The summed E-state index contributed by atoms with van der Waals surface area (Å²) in [7, 11) is 1.60. The highest BCUT2D eigenvalue weighted by atomic mass is 16.5. The van der Waals surface area contributed by atoms with E-state index in [-0.39, 0.29) is 5.91 Å². The second-order valence-electron chi connectivity index (χ2n) is 6.36. The van der Waals surface area contributed by atoms with Crippen molar-refractivity contribution >= 4 is 17.1 Å². The first-order valence-corrected chi connectivity index (χ1v) is 9.01. The van der Waals surface area contributed by atoms with Crippen molar-refractivity contribution in [2.24, 2.45) is 0 Å². The fourth-order valence-electron chi connectivity index (χ4n) is 3.08. The summed E-state index contributed by atoms with van der Waals surface area (Å²) in [6.07, 6.45) is 1.76. The van der Waals surface area contributed by atoms with E-state index in [1.807, 2.05) is 34.9 Å². The Bertz CT molecular complexity index is 1090. The van der Waals surface area contributed by atoms with Crippen LogP contribution in [0.1, 0.15) is 21.7 Å². The molecule has 28 heavy (non-hydrogen) atoms. The van der Waals surface area contributed by atoms with Gasteiger partial charge in [-0.15, -0.1) is 0 Å². The number of carbonyl (C=O) groups excluding carboxylic acids is 1. The number of pyridine rings is 1. The number of amides is 1. The van der Waals surface area contributed by atoms with E-state index in [1.165, 1.54) is 0 Å². The van der Waals surface area contributed by atoms with Gasteiger partial charge in [-0.25, -0.2) is 9.97 Å². The molecule has 0 aliphatic carbocycles. The average molecular weight is 372 g/mol. The molecule has 0 bridgehead atoms. The summed E-state index contributed by atoms with van der Waals surface area (Å²) in [4.78, 5) is 21.6. The van der Waals surface area contributed by atoms with Gasteiger partial charge in [0.15, 0.2) is 5.65 Å². The molecule has 0 aliphatic rings. The molecule has 0 unspecified atom stereocenters. The molecule has 2 aromatic carbocycles. The monoisotopic (exact) mass is 372 g/mol. The first kappa shape index (κ1) is 17.7. The zero-order valence-corrected chi connectivity index (χ0v) is 15.5. The Kier molecular flexibility index (Phi) is 5.01. The zero-order valence-electron chi connectivity index (χ0n) is 15.5. The van der Waals surface area contributed by atoms with Crippen molar-refractivity contribution in [1.29, 1.82) is 0 Å². The lowest BCUT2D eigenvalue weighted by Crippen LogP contribution is -2.25. The fourth-order valence-corrected chi connectivity index (χ4v) is 3.08. The quantitative estimate of drug-likeness (QED) is 0.563. The maximum atomic E-state index is 12.5. The Morgan fingerprint density at radius 2 is 1.82 bits per heavy atom. The van der Waals surface area contributed by atoms with Gasteiger partial charge in [-0.2, -0.15) is 0 Å². The third-order valence-corrected chi connectivity index (χ3v) is 4.53. The Labute approximate surface area is 162 Å². The number of nitrogens with zero attached hydrogens (tertiary/aromatic N) is 3. The highest BCUT2D eigenvalue weighted by Crippen LogP contribution is 2.16. The van der Waals surface area contributed by atoms with Crippen LogP contribution in [0.15, 0.2) is 72.9 Å². The van der Waals surface area contributed by atoms with Crippen molar-refractivity contribution in [1.82, 2.24) is 19.9 Å². The molecule has 0 atom stereocenters. The fraction of sp³-hybridized carbons (Fsp3) is 0.136. The lowest BCUT2D eigenvalue weighted by Gasteiger charge is -2.10. The predicted octanol–water partition coefficient (Wildman–Crippen LogP) is 3.42. The number of rotatable bonds is 6. The molecule has 0 fully saturated rings. The third-order valence-electron chi connectivity index (χ3n) is 4.53. The summed E-state index contributed by atoms with van der Waals surface area (Å²) in [5.41, 5.74) is 3.34. The largest absolute Gasteiger partial charge is 0.497 e. The number of carbonyl (C=O) groups is 1. The van der Waals surface area contributed by atoms with Gasteiger partial charge in [0, 0.05) is 11.8 Å². The van der Waals surface area contributed by atoms with Crippen molar-refractivity contribution in [2.45, 2.75) is 13.1 Å². The lowest BCUT2D eigenvalue weighted by molar-refractivity contribution is 0.0949. The molecule has 1 amide bonds. The molecule has 1 N–H and O–H groups in total. The number of imidazole rings is 1. The summed E-state index contributed by atoms with van der Waals surface area (Å²) in [5, 5.41) is 2.95. The van der Waals surface area contributed by atoms with Crippen LogP contribution in [0.4, 0.5) is 0 Å². The summed E-state index contributed by atoms with van der Waals surface area (Å²) in [6.45, 7) is 0.955. The SMILES string of the molecule is COc1ccc(C(=O)NCc2nc3cccnc3n2Cc2ccccc2)cc1. The Morgan fingerprint density at radius 3 is 2.57 bits per heavy atom. The molecule has 4 aromatic rings. The molecular weight excluding hydrogens is 352 g/mol. The molecule has 4 rings (SSSR count). The van der Waals surface area contributed by atoms with Crippen LogP contribution >= 0.6 is 0 Å². The van der Waals surface area contributed by atoms with Crippen molar-refractivity contribution < 1.29 is 9.53 Å². The lowest BCUT2D eigenvalue weighted by atomic mass is 10.2. The minimum Gasteiger partial charge on any atom is -0.497 e. The maximum absolute atomic E-state index is 12.5. The summed E-state index contributed by atoms with van der Waals surface area (Å²) < 4.78 is 7.17. The van der Waals surface area contributed by atoms with E-state index >= 15 is 0 Å². The molecule has 0 radical (unpaired) electrons. The highest BCUT2D eigenvalue weighted by Gasteiger charge is 2.14. The van der Waals surface area contributed by atoms with Crippen LogP contribution in [0.25, 0.3) is 11.2 Å². The second-order valence-corrected chi connectivity index (χ2v) is 6.36. The van der Waals surface area contributed by atoms with Gasteiger partial charge in [-0.3, -0.25) is 4.79 Å². The number of aromatic nitrogens is 3. The van der Waals surface area contributed by atoms with Crippen LogP contribution < -0.4 is 10.1 Å². The summed E-state index contributed by atoms with van der Waals surface area (Å²) in [5.74, 6) is 1.32. The molecule has 0 saturated carbocycles. The normalized spacial score (nSPS) is 10.8. The molecule has 6 nitrogen and oxygen atoms in total. The van der Waals surface area contributed by atoms with E-state index in [4.69, 9.17) is 4.74 Å². The molecule has 0 saturated heterocycles. The number of fused-ring (bicyclic) bond motifs is 1. The van der Waals surface area contributed by atoms with Crippen LogP contribution in [0.5, 0.6) is 5.75 Å². The number of ether oxygens (including phenoxy) is 1. The van der Waals surface area contributed by atoms with Gasteiger partial charge < -0.3 is 14.6 Å². The number of nitrogens with one attached hydrogen (secondary N) is 1. The van der Waals surface area contributed by atoms with Crippen molar-refractivity contribution in [2.75, 3.05) is 7.11 Å². The van der Waals surface area contributed by atoms with Gasteiger partial charge in [0.05, 0.1) is 20.2 Å². The van der Waals surface area contributed by atoms with Crippen LogP contribution in [-0.4, -0.2) is 27.6 Å². The molecule has 2 aromatic heterocycles. The van der Waals surface area contributed by atoms with Crippen LogP contribution in [0.3, 0.4) is 0 Å². The van der Waals surface area contributed by atoms with Gasteiger partial charge in [0.25, 0.3) is 5.91 Å². The van der Waals surface area contributed by atoms with E-state index in [1.54, 1.807) is 37.6 Å². The second kappa shape index (κ2) is 7.92. The van der Waals surface area contributed by atoms with Crippen LogP contribution in [0, 0.1) is 0 Å². The van der Waals surface area contributed by atoms with Crippen LogP contribution in [0.2, 0.25) is 0 Å². The number of hydrogen-bond donors (Lipinski definition) is 1. The van der Waals surface area contributed by atoms with Gasteiger partial charge in [0.2, 0.25) is 0 Å². The minimum atomic E-state index is -0.158. The third kappa shape index (κ3) is 3.71. The topological polar surface area (TPSA) is 69.0 Å². The minimum absolute atomic E-state index is 0.158. The van der Waals surface area contributed by atoms with Gasteiger partial charge in [-0.05, 0) is 42.0 Å². The van der Waals surface area contributed by atoms with Crippen molar-refractivity contribution in [3.05, 3.63) is 89.9 Å². The van der Waals surface area contributed by atoms with Gasteiger partial charge >= 0.3 is 0 Å². The summed E-state index contributed by atoms with van der Waals surface area (Å²) >= 11 is 0. The Balaban J connectivity index is 1.57. The van der Waals surface area contributed by atoms with E-state index in [0.29, 0.717) is 24.4 Å². The summed E-state index contributed by atoms with van der Waals surface area (Å²) in [6, 6.07) is 20.9. The first-order valence-electron chi connectivity index (χ1n) is 9.01. The molecule has 0 aliphatic heterocycles. The number of hydrogen-bond acceptors (Lipinski definition) is 4. The maximum Gasteiger partial charge on any atom is 0.251 e. The molecular formula is C22H20N4O2. The standard InChI is InChI=1S/C22H20N4O2/c1-28-18-11-9-17(10-12-18)22(27)24-14-20-25-19-8-5-13-23-21(19)26(20)15-16-6-3-2-4-7-16/h2-13H,14-15H2,1H3,(H,24,27). The highest BCUT2D eigenvalue weighted by molar-refractivity contribution is 5.94. The zero-order chi connectivity index (χ0) is 19.3. The van der Waals surface area contributed by atoms with Gasteiger partial charge in [-0.1, -0.05) is 30.3 Å². The molecule has 0 spiro atoms. The predicted molar refractivity (Wildman–Crippen MR) is 107 cm³/mol. The van der Waals surface area contributed by atoms with E-state index in [9.17, 15) is 4.79 Å². The van der Waals surface area contributed by atoms with Crippen molar-refractivity contribution in [3.63, 3.8) is 0 Å². The van der Waals surface area contributed by atoms with Crippen LogP contribution in [-0.2, 0) is 13.1 Å². The molecule has 140 valence electrons. The smallest absolute Gasteiger partial charge is 0.251 e. The van der Waals surface area contributed by atoms with E-state index < -0.39 is 0 Å². The molecule has 6 heteroatoms.